The van der Waals surface area contributed by atoms with Gasteiger partial charge >= 0.3 is 6.18 Å². The first-order chi connectivity index (χ1) is 16.6. The van der Waals surface area contributed by atoms with Crippen molar-refractivity contribution in [2.75, 3.05) is 19.3 Å². The van der Waals surface area contributed by atoms with Crippen molar-refractivity contribution < 1.29 is 31.6 Å². The van der Waals surface area contributed by atoms with Gasteiger partial charge in [0.05, 0.1) is 33.6 Å². The molecule has 36 heavy (non-hydrogen) atoms. The van der Waals surface area contributed by atoms with Crippen LogP contribution in [-0.2, 0) is 20.9 Å². The summed E-state index contributed by atoms with van der Waals surface area (Å²) in [5.74, 6) is -1.21. The van der Waals surface area contributed by atoms with Gasteiger partial charge in [-0.15, -0.1) is 11.8 Å². The Kier molecular flexibility index (Phi) is 6.82. The monoisotopic (exact) mass is 566 g/mol. The summed E-state index contributed by atoms with van der Waals surface area (Å²) in [6, 6.07) is 7.42. The first-order valence-corrected chi connectivity index (χ1v) is 12.6. The number of nitrogens with one attached hydrogen (secondary N) is 1. The van der Waals surface area contributed by atoms with Crippen LogP contribution in [0.1, 0.15) is 30.5 Å². The summed E-state index contributed by atoms with van der Waals surface area (Å²) in [4.78, 5) is 19.0. The Hall–Kier alpha value is -2.01. The Bertz CT molecular complexity index is 1210. The molecule has 12 heteroatoms. The van der Waals surface area contributed by atoms with Crippen LogP contribution in [0, 0.1) is 5.82 Å². The van der Waals surface area contributed by atoms with Crippen molar-refractivity contribution >= 4 is 46.6 Å². The largest absolute Gasteiger partial charge is 0.428 e. The summed E-state index contributed by atoms with van der Waals surface area (Å²) in [5, 5.41) is -1.17. The summed E-state index contributed by atoms with van der Waals surface area (Å²) in [6.45, 7) is 3.32. The number of nitrogens with zero attached hydrogens (tertiary/aromatic N) is 1. The Labute approximate surface area is 218 Å². The maximum absolute atomic E-state index is 15.4. The average molecular weight is 567 g/mol. The molecule has 1 saturated heterocycles. The van der Waals surface area contributed by atoms with E-state index < -0.39 is 43.6 Å². The fourth-order valence-corrected chi connectivity index (χ4v) is 4.85. The molecule has 1 atom stereocenters. The van der Waals surface area contributed by atoms with Crippen LogP contribution in [0.15, 0.2) is 42.5 Å². The van der Waals surface area contributed by atoms with Gasteiger partial charge in [0.1, 0.15) is 0 Å². The lowest BCUT2D eigenvalue weighted by atomic mass is 9.86. The molecule has 0 bridgehead atoms. The molecular formula is C24H21Cl2F5N2O2S. The van der Waals surface area contributed by atoms with Crippen molar-refractivity contribution in [2.24, 2.45) is 0 Å². The molecular weight excluding hydrogens is 546 g/mol. The number of hydrogen-bond donors (Lipinski definition) is 1. The normalized spacial score (nSPS) is 21.6. The molecule has 194 valence electrons. The van der Waals surface area contributed by atoms with E-state index in [4.69, 9.17) is 28.0 Å². The van der Waals surface area contributed by atoms with E-state index in [1.807, 2.05) is 0 Å². The van der Waals surface area contributed by atoms with Crippen molar-refractivity contribution in [3.63, 3.8) is 0 Å². The number of carbonyl (C=O) groups excluding carboxylic acids is 1. The molecule has 4 nitrogen and oxygen atoms in total. The summed E-state index contributed by atoms with van der Waals surface area (Å²) < 4.78 is 71.0. The SMILES string of the molecule is CSC(C)(C)C(=O)N1CC(F)(c2ccc(C3=CC(c4cc(Cl)c(F)c(Cl)c4)(C(F)(F)F)ON3)cc2)C1. The lowest BCUT2D eigenvalue weighted by Crippen LogP contribution is -2.62. The van der Waals surface area contributed by atoms with Crippen molar-refractivity contribution in [1.82, 2.24) is 10.4 Å². The number of rotatable bonds is 5. The number of carbonyl (C=O) groups is 1. The molecule has 0 aromatic heterocycles. The van der Waals surface area contributed by atoms with Gasteiger partial charge in [-0.05, 0) is 49.4 Å². The van der Waals surface area contributed by atoms with Gasteiger partial charge in [0, 0.05) is 5.56 Å². The number of hydroxylamine groups is 1. The van der Waals surface area contributed by atoms with Crippen LogP contribution in [-0.4, -0.2) is 41.1 Å². The first-order valence-electron chi connectivity index (χ1n) is 10.7. The van der Waals surface area contributed by atoms with Gasteiger partial charge in [0.2, 0.25) is 11.5 Å². The van der Waals surface area contributed by atoms with Crippen LogP contribution in [0.3, 0.4) is 0 Å². The van der Waals surface area contributed by atoms with Crippen molar-refractivity contribution in [2.45, 2.75) is 36.0 Å². The molecule has 1 unspecified atom stereocenters. The highest BCUT2D eigenvalue weighted by Crippen LogP contribution is 2.49. The molecule has 1 amide bonds. The Balaban J connectivity index is 1.59. The standard InChI is InChI=1S/C24H21Cl2F5N2O2S/c1-21(2,36-3)20(34)33-11-22(28,12-33)14-6-4-13(5-7-14)18-10-23(35-32-18,24(29,30)31)15-8-16(25)19(27)17(26)9-15/h4-10,32H,11-12H2,1-3H3. The average Bonchev–Trinajstić information content (AvgIpc) is 3.27. The molecule has 2 aromatic rings. The van der Waals surface area contributed by atoms with Crippen LogP contribution in [0.25, 0.3) is 5.70 Å². The molecule has 2 aliphatic heterocycles. The number of thioether (sulfide) groups is 1. The lowest BCUT2D eigenvalue weighted by Gasteiger charge is -2.47. The third kappa shape index (κ3) is 4.46. The first kappa shape index (κ1) is 27.0. The zero-order valence-electron chi connectivity index (χ0n) is 19.3. The third-order valence-electron chi connectivity index (χ3n) is 6.41. The zero-order chi connectivity index (χ0) is 26.7. The molecule has 1 N–H and O–H groups in total. The number of likely N-dealkylation sites (tertiary alicyclic amines) is 1. The van der Waals surface area contributed by atoms with Gasteiger partial charge in [-0.3, -0.25) is 15.1 Å². The minimum atomic E-state index is -4.96. The number of hydrogen-bond acceptors (Lipinski definition) is 4. The van der Waals surface area contributed by atoms with E-state index in [1.165, 1.54) is 40.9 Å². The molecule has 4 rings (SSSR count). The Morgan fingerprint density at radius 3 is 2.14 bits per heavy atom. The van der Waals surface area contributed by atoms with E-state index in [0.717, 1.165) is 18.2 Å². The lowest BCUT2D eigenvalue weighted by molar-refractivity contribution is -0.269. The summed E-state index contributed by atoms with van der Waals surface area (Å²) in [5.41, 5.74) is -2.42. The summed E-state index contributed by atoms with van der Waals surface area (Å²) in [7, 11) is 0. The van der Waals surface area contributed by atoms with Gasteiger partial charge in [0.25, 0.3) is 0 Å². The van der Waals surface area contributed by atoms with Gasteiger partial charge in [-0.1, -0.05) is 47.5 Å². The predicted molar refractivity (Wildman–Crippen MR) is 130 cm³/mol. The molecule has 0 saturated carbocycles. The fraction of sp³-hybridized carbons (Fsp3) is 0.375. The highest BCUT2D eigenvalue weighted by molar-refractivity contribution is 8.00. The molecule has 1 fully saturated rings. The minimum Gasteiger partial charge on any atom is -0.334 e. The smallest absolute Gasteiger partial charge is 0.334 e. The van der Waals surface area contributed by atoms with Crippen LogP contribution in [0.4, 0.5) is 22.0 Å². The van der Waals surface area contributed by atoms with Crippen LogP contribution >= 0.6 is 35.0 Å². The quantitative estimate of drug-likeness (QED) is 0.326. The van der Waals surface area contributed by atoms with Gasteiger partial charge < -0.3 is 4.90 Å². The second-order valence-corrected chi connectivity index (χ2v) is 11.4. The minimum absolute atomic E-state index is 0.0320. The van der Waals surface area contributed by atoms with Gasteiger partial charge in [0.15, 0.2) is 11.5 Å². The van der Waals surface area contributed by atoms with E-state index in [9.17, 15) is 22.4 Å². The molecule has 0 radical (unpaired) electrons. The second kappa shape index (κ2) is 9.08. The van der Waals surface area contributed by atoms with Gasteiger partial charge in [-0.2, -0.15) is 13.2 Å². The van der Waals surface area contributed by atoms with E-state index in [1.54, 1.807) is 20.1 Å². The van der Waals surface area contributed by atoms with E-state index >= 15 is 4.39 Å². The number of benzene rings is 2. The van der Waals surface area contributed by atoms with Gasteiger partial charge in [-0.25, -0.2) is 8.78 Å². The van der Waals surface area contributed by atoms with E-state index in [2.05, 4.69) is 5.48 Å². The Morgan fingerprint density at radius 1 is 1.08 bits per heavy atom. The van der Waals surface area contributed by atoms with Crippen molar-refractivity contribution in [1.29, 1.82) is 0 Å². The third-order valence-corrected chi connectivity index (χ3v) is 8.16. The zero-order valence-corrected chi connectivity index (χ0v) is 21.6. The number of halogens is 7. The topological polar surface area (TPSA) is 41.6 Å². The van der Waals surface area contributed by atoms with Crippen LogP contribution < -0.4 is 5.48 Å². The Morgan fingerprint density at radius 2 is 1.64 bits per heavy atom. The van der Waals surface area contributed by atoms with Crippen LogP contribution in [0.5, 0.6) is 0 Å². The summed E-state index contributed by atoms with van der Waals surface area (Å²) >= 11 is 12.8. The van der Waals surface area contributed by atoms with Crippen molar-refractivity contribution in [3.05, 3.63) is 75.0 Å². The number of amides is 1. The predicted octanol–water partition coefficient (Wildman–Crippen LogP) is 6.61. The summed E-state index contributed by atoms with van der Waals surface area (Å²) in [6.07, 6.45) is -2.36. The van der Waals surface area contributed by atoms with Crippen molar-refractivity contribution in [3.8, 4) is 0 Å². The maximum Gasteiger partial charge on any atom is 0.428 e. The highest BCUT2D eigenvalue weighted by atomic mass is 35.5. The second-order valence-electron chi connectivity index (χ2n) is 9.17. The maximum atomic E-state index is 15.4. The molecule has 2 aliphatic rings. The highest BCUT2D eigenvalue weighted by Gasteiger charge is 2.60. The van der Waals surface area contributed by atoms with E-state index in [0.29, 0.717) is 11.1 Å². The van der Waals surface area contributed by atoms with E-state index in [-0.39, 0.29) is 24.7 Å². The molecule has 2 aromatic carbocycles. The number of alkyl halides is 4. The molecule has 0 aliphatic carbocycles. The fourth-order valence-electron chi connectivity index (χ4n) is 4.06. The van der Waals surface area contributed by atoms with Crippen LogP contribution in [0.2, 0.25) is 10.0 Å². The molecule has 2 heterocycles. The molecule has 0 spiro atoms.